The van der Waals surface area contributed by atoms with E-state index in [4.69, 9.17) is 4.74 Å². The number of alkyl carbamates (subject to hydrolysis) is 1. The predicted molar refractivity (Wildman–Crippen MR) is 85.6 cm³/mol. The van der Waals surface area contributed by atoms with Gasteiger partial charge in [-0.1, -0.05) is 11.8 Å². The molecule has 0 fully saturated rings. The first-order valence-electron chi connectivity index (χ1n) is 7.02. The maximum Gasteiger partial charge on any atom is 0.407 e. The summed E-state index contributed by atoms with van der Waals surface area (Å²) in [5.41, 5.74) is 0.358. The molecule has 0 bridgehead atoms. The Morgan fingerprint density at radius 2 is 1.86 bits per heavy atom. The van der Waals surface area contributed by atoms with Crippen molar-refractivity contribution in [1.29, 1.82) is 0 Å². The van der Waals surface area contributed by atoms with E-state index in [1.165, 1.54) is 0 Å². The fourth-order valence-electron chi connectivity index (χ4n) is 1.58. The van der Waals surface area contributed by atoms with Gasteiger partial charge in [0.1, 0.15) is 5.60 Å². The molecule has 1 aromatic carbocycles. The number of halogens is 2. The maximum atomic E-state index is 12.2. The van der Waals surface area contributed by atoms with Crippen LogP contribution in [-0.2, 0) is 4.74 Å². The zero-order valence-electron chi connectivity index (χ0n) is 13.0. The highest BCUT2D eigenvalue weighted by molar-refractivity contribution is 7.99. The van der Waals surface area contributed by atoms with Crippen LogP contribution >= 0.6 is 11.8 Å². The number of anilines is 1. The lowest BCUT2D eigenvalue weighted by Crippen LogP contribution is -2.33. The number of amides is 1. The molecular weight excluding hydrogens is 310 g/mol. The van der Waals surface area contributed by atoms with Crippen LogP contribution in [0.25, 0.3) is 0 Å². The molecule has 0 aliphatic heterocycles. The van der Waals surface area contributed by atoms with E-state index in [1.807, 2.05) is 20.8 Å². The van der Waals surface area contributed by atoms with Crippen LogP contribution < -0.4 is 10.6 Å². The molecule has 0 aliphatic rings. The summed E-state index contributed by atoms with van der Waals surface area (Å²) < 4.78 is 29.5. The molecular formula is C15H22F2N2O2S. The summed E-state index contributed by atoms with van der Waals surface area (Å²) in [5.74, 6) is -2.40. The highest BCUT2D eigenvalue weighted by atomic mass is 32.2. The second-order valence-electron chi connectivity index (χ2n) is 5.61. The van der Waals surface area contributed by atoms with Gasteiger partial charge in [-0.2, -0.15) is 8.78 Å². The minimum absolute atomic E-state index is 0.430. The molecule has 0 spiro atoms. The summed E-state index contributed by atoms with van der Waals surface area (Å²) in [6, 6.07) is 6.81. The Morgan fingerprint density at radius 1 is 1.23 bits per heavy atom. The Labute approximate surface area is 134 Å². The Morgan fingerprint density at radius 3 is 2.41 bits per heavy atom. The third-order valence-corrected chi connectivity index (χ3v) is 3.15. The van der Waals surface area contributed by atoms with Gasteiger partial charge >= 0.3 is 6.09 Å². The van der Waals surface area contributed by atoms with Crippen LogP contribution in [0.4, 0.5) is 19.3 Å². The Balaban J connectivity index is 2.18. The van der Waals surface area contributed by atoms with Crippen molar-refractivity contribution in [3.8, 4) is 0 Å². The number of carbonyl (C=O) groups excluding carboxylic acids is 1. The number of ether oxygens (including phenoxy) is 1. The molecule has 7 heteroatoms. The van der Waals surface area contributed by atoms with E-state index in [0.29, 0.717) is 29.7 Å². The lowest BCUT2D eigenvalue weighted by atomic mass is 10.2. The largest absolute Gasteiger partial charge is 0.444 e. The molecule has 0 aromatic heterocycles. The average Bonchev–Trinajstić information content (AvgIpc) is 2.37. The summed E-state index contributed by atoms with van der Waals surface area (Å²) in [7, 11) is 0. The van der Waals surface area contributed by atoms with E-state index in [9.17, 15) is 13.6 Å². The summed E-state index contributed by atoms with van der Waals surface area (Å²) in [6.45, 7) is 6.59. The van der Waals surface area contributed by atoms with Gasteiger partial charge in [0.05, 0.1) is 0 Å². The molecule has 2 N–H and O–H groups in total. The van der Waals surface area contributed by atoms with Crippen LogP contribution in [0.3, 0.4) is 0 Å². The summed E-state index contributed by atoms with van der Waals surface area (Å²) >= 11 is 0.524. The molecule has 0 saturated heterocycles. The molecule has 4 nitrogen and oxygen atoms in total. The molecule has 0 heterocycles. The third kappa shape index (κ3) is 8.71. The van der Waals surface area contributed by atoms with Crippen molar-refractivity contribution in [1.82, 2.24) is 5.32 Å². The standard InChI is InChI=1S/C15H22F2N2O2S/c1-15(2,3)21-14(20)19-10-4-9-18-11-5-7-12(8-6-11)22-13(16)17/h5-8,13,18H,4,9-10H2,1-3H3,(H,19,20). The average molecular weight is 332 g/mol. The molecule has 0 radical (unpaired) electrons. The first kappa shape index (κ1) is 18.5. The Bertz CT molecular complexity index is 462. The molecule has 1 amide bonds. The Hall–Kier alpha value is -1.50. The monoisotopic (exact) mass is 332 g/mol. The van der Waals surface area contributed by atoms with E-state index in [0.717, 1.165) is 12.1 Å². The molecule has 1 rings (SSSR count). The number of thioether (sulfide) groups is 1. The van der Waals surface area contributed by atoms with Crippen molar-refractivity contribution in [2.45, 2.75) is 43.4 Å². The number of hydrogen-bond acceptors (Lipinski definition) is 4. The number of alkyl halides is 2. The van der Waals surface area contributed by atoms with Gasteiger partial charge in [0.25, 0.3) is 5.76 Å². The van der Waals surface area contributed by atoms with E-state index in [1.54, 1.807) is 24.3 Å². The molecule has 1 aromatic rings. The highest BCUT2D eigenvalue weighted by Gasteiger charge is 2.15. The van der Waals surface area contributed by atoms with E-state index < -0.39 is 17.5 Å². The minimum atomic E-state index is -2.40. The van der Waals surface area contributed by atoms with Crippen molar-refractivity contribution >= 4 is 23.5 Å². The topological polar surface area (TPSA) is 50.4 Å². The van der Waals surface area contributed by atoms with Crippen molar-refractivity contribution in [3.05, 3.63) is 24.3 Å². The quantitative estimate of drug-likeness (QED) is 0.576. The normalized spacial score (nSPS) is 11.4. The van der Waals surface area contributed by atoms with Crippen molar-refractivity contribution in [2.75, 3.05) is 18.4 Å². The van der Waals surface area contributed by atoms with Crippen LogP contribution in [0, 0.1) is 0 Å². The van der Waals surface area contributed by atoms with Gasteiger partial charge in [-0.15, -0.1) is 0 Å². The van der Waals surface area contributed by atoms with Crippen LogP contribution in [0.15, 0.2) is 29.2 Å². The highest BCUT2D eigenvalue weighted by Crippen LogP contribution is 2.26. The van der Waals surface area contributed by atoms with E-state index in [-0.39, 0.29) is 0 Å². The van der Waals surface area contributed by atoms with Gasteiger partial charge in [-0.3, -0.25) is 0 Å². The number of hydrogen-bond donors (Lipinski definition) is 2. The number of benzene rings is 1. The van der Waals surface area contributed by atoms with Gasteiger partial charge < -0.3 is 15.4 Å². The SMILES string of the molecule is CC(C)(C)OC(=O)NCCCNc1ccc(SC(F)F)cc1. The summed E-state index contributed by atoms with van der Waals surface area (Å²) in [4.78, 5) is 11.9. The van der Waals surface area contributed by atoms with Gasteiger partial charge in [-0.05, 0) is 51.5 Å². The van der Waals surface area contributed by atoms with Crippen molar-refractivity contribution in [3.63, 3.8) is 0 Å². The molecule has 22 heavy (non-hydrogen) atoms. The number of nitrogens with one attached hydrogen (secondary N) is 2. The molecule has 0 aliphatic carbocycles. The first-order valence-corrected chi connectivity index (χ1v) is 7.90. The molecule has 0 saturated carbocycles. The van der Waals surface area contributed by atoms with Gasteiger partial charge in [-0.25, -0.2) is 4.79 Å². The Kier molecular flexibility index (Phi) is 7.44. The number of rotatable bonds is 7. The second-order valence-corrected chi connectivity index (χ2v) is 6.68. The van der Waals surface area contributed by atoms with Gasteiger partial charge in [0.15, 0.2) is 0 Å². The van der Waals surface area contributed by atoms with Crippen LogP contribution in [-0.4, -0.2) is 30.5 Å². The predicted octanol–water partition coefficient (Wildman–Crippen LogP) is 4.33. The van der Waals surface area contributed by atoms with Gasteiger partial charge in [0.2, 0.25) is 0 Å². The van der Waals surface area contributed by atoms with Crippen LogP contribution in [0.1, 0.15) is 27.2 Å². The lowest BCUT2D eigenvalue weighted by Gasteiger charge is -2.19. The zero-order chi connectivity index (χ0) is 16.6. The second kappa shape index (κ2) is 8.82. The lowest BCUT2D eigenvalue weighted by molar-refractivity contribution is 0.0528. The summed E-state index contributed by atoms with van der Waals surface area (Å²) in [6.07, 6.45) is 0.299. The van der Waals surface area contributed by atoms with Gasteiger partial charge in [0, 0.05) is 23.7 Å². The number of carbonyl (C=O) groups is 1. The van der Waals surface area contributed by atoms with E-state index >= 15 is 0 Å². The molecule has 0 unspecified atom stereocenters. The molecule has 0 atom stereocenters. The zero-order valence-corrected chi connectivity index (χ0v) is 13.8. The maximum absolute atomic E-state index is 12.2. The van der Waals surface area contributed by atoms with Crippen LogP contribution in [0.5, 0.6) is 0 Å². The summed E-state index contributed by atoms with van der Waals surface area (Å²) in [5, 5.41) is 5.83. The first-order chi connectivity index (χ1) is 10.3. The van der Waals surface area contributed by atoms with Crippen molar-refractivity contribution < 1.29 is 18.3 Å². The fraction of sp³-hybridized carbons (Fsp3) is 0.533. The third-order valence-electron chi connectivity index (χ3n) is 2.43. The van der Waals surface area contributed by atoms with E-state index in [2.05, 4.69) is 10.6 Å². The smallest absolute Gasteiger partial charge is 0.407 e. The van der Waals surface area contributed by atoms with Crippen LogP contribution in [0.2, 0.25) is 0 Å². The minimum Gasteiger partial charge on any atom is -0.444 e. The fourth-order valence-corrected chi connectivity index (χ4v) is 2.08. The van der Waals surface area contributed by atoms with Crippen molar-refractivity contribution in [2.24, 2.45) is 0 Å². The molecule has 124 valence electrons.